The van der Waals surface area contributed by atoms with E-state index in [1.165, 1.54) is 18.4 Å². The van der Waals surface area contributed by atoms with Crippen LogP contribution in [0.1, 0.15) is 35.1 Å². The van der Waals surface area contributed by atoms with Gasteiger partial charge in [0.2, 0.25) is 0 Å². The van der Waals surface area contributed by atoms with Gasteiger partial charge in [0.15, 0.2) is 5.43 Å². The molecule has 1 aliphatic carbocycles. The number of benzene rings is 3. The molecule has 1 amide bonds. The Balaban J connectivity index is 1.15. The molecule has 1 aromatic heterocycles. The zero-order valence-corrected chi connectivity index (χ0v) is 18.9. The maximum Gasteiger partial charge on any atom is 0.407 e. The summed E-state index contributed by atoms with van der Waals surface area (Å²) < 4.78 is 10.8. The van der Waals surface area contributed by atoms with Gasteiger partial charge in [-0.15, -0.1) is 0 Å². The van der Waals surface area contributed by atoms with E-state index >= 15 is 0 Å². The van der Waals surface area contributed by atoms with Gasteiger partial charge in [-0.2, -0.15) is 0 Å². The van der Waals surface area contributed by atoms with E-state index in [1.807, 2.05) is 24.3 Å². The molecular weight excluding hydrogens is 446 g/mol. The molecule has 1 heterocycles. The number of rotatable bonds is 7. The quantitative estimate of drug-likeness (QED) is 0.374. The van der Waals surface area contributed by atoms with Crippen LogP contribution in [-0.4, -0.2) is 35.6 Å². The van der Waals surface area contributed by atoms with Crippen molar-refractivity contribution in [3.8, 4) is 11.1 Å². The maximum atomic E-state index is 12.3. The summed E-state index contributed by atoms with van der Waals surface area (Å²) in [6.07, 6.45) is -1.53. The zero-order valence-electron chi connectivity index (χ0n) is 18.9. The van der Waals surface area contributed by atoms with Crippen LogP contribution in [0.5, 0.6) is 0 Å². The van der Waals surface area contributed by atoms with E-state index in [0.717, 1.165) is 22.3 Å². The van der Waals surface area contributed by atoms with E-state index < -0.39 is 18.3 Å². The van der Waals surface area contributed by atoms with Crippen molar-refractivity contribution in [1.29, 1.82) is 0 Å². The molecule has 35 heavy (non-hydrogen) atoms. The molecule has 4 aromatic rings. The van der Waals surface area contributed by atoms with Crippen LogP contribution in [0.15, 0.2) is 88.3 Å². The molecule has 0 saturated carbocycles. The highest BCUT2D eigenvalue weighted by molar-refractivity contribution is 5.79. The minimum atomic E-state index is -1.22. The highest BCUT2D eigenvalue weighted by Crippen LogP contribution is 2.44. The second-order valence-corrected chi connectivity index (χ2v) is 8.59. The van der Waals surface area contributed by atoms with Gasteiger partial charge < -0.3 is 24.7 Å². The topological polar surface area (TPSA) is 109 Å². The Hall–Kier alpha value is -3.94. The van der Waals surface area contributed by atoms with Crippen molar-refractivity contribution in [3.63, 3.8) is 0 Å². The summed E-state index contributed by atoms with van der Waals surface area (Å²) in [4.78, 5) is 24.3. The molecule has 178 valence electrons. The van der Waals surface area contributed by atoms with Crippen LogP contribution in [-0.2, 0) is 4.74 Å². The van der Waals surface area contributed by atoms with Gasteiger partial charge in [-0.3, -0.25) is 4.79 Å². The third-order valence-electron chi connectivity index (χ3n) is 6.44. The molecule has 0 aliphatic heterocycles. The second kappa shape index (κ2) is 9.74. The smallest absolute Gasteiger partial charge is 0.407 e. The lowest BCUT2D eigenvalue weighted by Crippen LogP contribution is -2.30. The fraction of sp³-hybridized carbons (Fsp3) is 0.214. The maximum absolute atomic E-state index is 12.3. The third-order valence-corrected chi connectivity index (χ3v) is 6.44. The monoisotopic (exact) mass is 471 g/mol. The largest absolute Gasteiger partial charge is 0.464 e. The SMILES string of the molecule is O=C(NCCC(O)C(O)c1ccc2occc(=O)c2c1)OCC1c2ccccc2-c2ccccc21. The summed E-state index contributed by atoms with van der Waals surface area (Å²) in [5.74, 6) is -0.0360. The van der Waals surface area contributed by atoms with Crippen molar-refractivity contribution in [2.75, 3.05) is 13.2 Å². The van der Waals surface area contributed by atoms with Crippen LogP contribution in [0.4, 0.5) is 4.79 Å². The molecule has 0 saturated heterocycles. The molecule has 0 spiro atoms. The number of hydrogen-bond donors (Lipinski definition) is 3. The molecule has 1 aliphatic rings. The van der Waals surface area contributed by atoms with Crippen molar-refractivity contribution in [3.05, 3.63) is 106 Å². The van der Waals surface area contributed by atoms with Gasteiger partial charge >= 0.3 is 6.09 Å². The van der Waals surface area contributed by atoms with Crippen LogP contribution in [0.2, 0.25) is 0 Å². The lowest BCUT2D eigenvalue weighted by atomic mass is 9.98. The Labute approximate surface area is 201 Å². The van der Waals surface area contributed by atoms with Crippen LogP contribution >= 0.6 is 0 Å². The summed E-state index contributed by atoms with van der Waals surface area (Å²) in [5, 5.41) is 23.9. The first-order chi connectivity index (χ1) is 17.0. The minimum absolute atomic E-state index is 0.0360. The summed E-state index contributed by atoms with van der Waals surface area (Å²) in [6.45, 7) is 0.315. The molecule has 7 nitrogen and oxygen atoms in total. The average molecular weight is 472 g/mol. The summed E-state index contributed by atoms with van der Waals surface area (Å²) in [5.41, 5.74) is 5.13. The summed E-state index contributed by atoms with van der Waals surface area (Å²) >= 11 is 0. The molecule has 2 unspecified atom stereocenters. The van der Waals surface area contributed by atoms with Crippen LogP contribution in [0.25, 0.3) is 22.1 Å². The van der Waals surface area contributed by atoms with Gasteiger partial charge in [0, 0.05) is 18.5 Å². The Morgan fingerprint density at radius 3 is 2.37 bits per heavy atom. The van der Waals surface area contributed by atoms with Crippen molar-refractivity contribution in [2.45, 2.75) is 24.5 Å². The number of nitrogens with one attached hydrogen (secondary N) is 1. The van der Waals surface area contributed by atoms with Crippen LogP contribution in [0, 0.1) is 0 Å². The lowest BCUT2D eigenvalue weighted by Gasteiger charge is -2.19. The number of fused-ring (bicyclic) bond motifs is 4. The molecule has 2 atom stereocenters. The zero-order chi connectivity index (χ0) is 24.4. The molecule has 3 aromatic carbocycles. The van der Waals surface area contributed by atoms with Crippen molar-refractivity contribution in [2.24, 2.45) is 0 Å². The van der Waals surface area contributed by atoms with Crippen LogP contribution in [0.3, 0.4) is 0 Å². The summed E-state index contributed by atoms with van der Waals surface area (Å²) in [7, 11) is 0. The fourth-order valence-electron chi connectivity index (χ4n) is 4.64. The fourth-order valence-corrected chi connectivity index (χ4v) is 4.64. The van der Waals surface area contributed by atoms with Gasteiger partial charge in [0.25, 0.3) is 0 Å². The average Bonchev–Trinajstić information content (AvgIpc) is 3.21. The number of aliphatic hydroxyl groups is 2. The number of amides is 1. The van der Waals surface area contributed by atoms with Gasteiger partial charge in [-0.25, -0.2) is 4.79 Å². The van der Waals surface area contributed by atoms with Gasteiger partial charge in [-0.1, -0.05) is 54.6 Å². The molecule has 3 N–H and O–H groups in total. The van der Waals surface area contributed by atoms with E-state index in [0.29, 0.717) is 16.5 Å². The number of carbonyl (C=O) groups excluding carboxylic acids is 1. The predicted octanol–water partition coefficient (Wildman–Crippen LogP) is 4.12. The molecular formula is C28H25NO6. The lowest BCUT2D eigenvalue weighted by molar-refractivity contribution is 0.0137. The van der Waals surface area contributed by atoms with Crippen molar-refractivity contribution in [1.82, 2.24) is 5.32 Å². The number of aliphatic hydroxyl groups excluding tert-OH is 2. The molecule has 5 rings (SSSR count). The van der Waals surface area contributed by atoms with Gasteiger partial charge in [0.1, 0.15) is 18.3 Å². The first kappa shape index (κ1) is 22.8. The predicted molar refractivity (Wildman–Crippen MR) is 131 cm³/mol. The minimum Gasteiger partial charge on any atom is -0.464 e. The molecule has 7 heteroatoms. The van der Waals surface area contributed by atoms with Gasteiger partial charge in [0.05, 0.1) is 17.8 Å². The Morgan fingerprint density at radius 2 is 1.66 bits per heavy atom. The highest BCUT2D eigenvalue weighted by Gasteiger charge is 2.29. The second-order valence-electron chi connectivity index (χ2n) is 8.59. The third kappa shape index (κ3) is 4.56. The van der Waals surface area contributed by atoms with Crippen LogP contribution < -0.4 is 10.7 Å². The summed E-state index contributed by atoms with van der Waals surface area (Å²) in [6, 6.07) is 22.2. The number of ether oxygens (including phenoxy) is 1. The first-order valence-electron chi connectivity index (χ1n) is 11.5. The standard InChI is InChI=1S/C28H25NO6/c30-24-12-14-34-26-10-9-17(15-22(24)26)27(32)25(31)11-13-29-28(33)35-16-23-20-7-3-1-5-18(20)19-6-2-4-8-21(19)23/h1-10,12,14-15,23,25,27,31-32H,11,13,16H2,(H,29,33). The van der Waals surface area contributed by atoms with Gasteiger partial charge in [-0.05, 0) is 46.4 Å². The van der Waals surface area contributed by atoms with Crippen molar-refractivity contribution >= 4 is 17.1 Å². The first-order valence-corrected chi connectivity index (χ1v) is 11.5. The molecule has 0 bridgehead atoms. The Morgan fingerprint density at radius 1 is 0.971 bits per heavy atom. The Bertz CT molecular complexity index is 1380. The number of hydrogen-bond acceptors (Lipinski definition) is 6. The number of alkyl carbamates (subject to hydrolysis) is 1. The van der Waals surface area contributed by atoms with E-state index in [4.69, 9.17) is 9.15 Å². The van der Waals surface area contributed by atoms with E-state index in [1.54, 1.807) is 12.1 Å². The Kier molecular flexibility index (Phi) is 6.35. The number of carbonyl (C=O) groups is 1. The normalized spacial score (nSPS) is 14.2. The molecule has 0 radical (unpaired) electrons. The van der Waals surface area contributed by atoms with E-state index in [-0.39, 0.29) is 30.9 Å². The van der Waals surface area contributed by atoms with E-state index in [9.17, 15) is 19.8 Å². The molecule has 0 fully saturated rings. The van der Waals surface area contributed by atoms with Crippen molar-refractivity contribution < 1.29 is 24.2 Å². The van der Waals surface area contributed by atoms with E-state index in [2.05, 4.69) is 29.6 Å². The highest BCUT2D eigenvalue weighted by atomic mass is 16.5.